The zero-order valence-corrected chi connectivity index (χ0v) is 7.86. The molecule has 0 fully saturated rings. The van der Waals surface area contributed by atoms with Gasteiger partial charge in [-0.15, -0.1) is 0 Å². The van der Waals surface area contributed by atoms with Crippen LogP contribution in [0.25, 0.3) is 0 Å². The molecule has 1 aromatic rings. The molecule has 0 saturated carbocycles. The van der Waals surface area contributed by atoms with Gasteiger partial charge < -0.3 is 5.11 Å². The molecule has 0 radical (unpaired) electrons. The first-order valence-corrected chi connectivity index (χ1v) is 4.04. The molecule has 1 aromatic carbocycles. The first kappa shape index (κ1) is 13.3. The van der Waals surface area contributed by atoms with Gasteiger partial charge in [0.1, 0.15) is 11.3 Å². The van der Waals surface area contributed by atoms with Crippen molar-refractivity contribution < 1.29 is 36.2 Å². The summed E-state index contributed by atoms with van der Waals surface area (Å²) in [6.45, 7) is 0. The summed E-state index contributed by atoms with van der Waals surface area (Å²) in [7, 11) is 0. The molecule has 1 N–H and O–H groups in total. The van der Waals surface area contributed by atoms with Gasteiger partial charge in [0.15, 0.2) is 6.29 Å². The van der Waals surface area contributed by atoms with Crippen molar-refractivity contribution in [1.29, 1.82) is 0 Å². The van der Waals surface area contributed by atoms with Gasteiger partial charge in [-0.2, -0.15) is 26.3 Å². The summed E-state index contributed by atoms with van der Waals surface area (Å²) >= 11 is 0. The minimum absolute atomic E-state index is 0.217. The Bertz CT molecular complexity index is 446. The zero-order valence-electron chi connectivity index (χ0n) is 7.86. The maximum Gasteiger partial charge on any atom is 0.420 e. The van der Waals surface area contributed by atoms with Crippen molar-refractivity contribution in [3.63, 3.8) is 0 Å². The molecule has 0 bridgehead atoms. The standard InChI is InChI=1S/C9H4F6O2/c10-8(11,12)5-1-2-6(17)7(4(5)3-16)9(13,14)15/h1-3,17H. The Morgan fingerprint density at radius 2 is 1.53 bits per heavy atom. The Kier molecular flexibility index (Phi) is 3.09. The van der Waals surface area contributed by atoms with Crippen LogP contribution in [0, 0.1) is 0 Å². The summed E-state index contributed by atoms with van der Waals surface area (Å²) in [5, 5.41) is 8.90. The summed E-state index contributed by atoms with van der Waals surface area (Å²) < 4.78 is 74.1. The second-order valence-corrected chi connectivity index (χ2v) is 3.03. The molecule has 0 heterocycles. The van der Waals surface area contributed by atoms with Crippen molar-refractivity contribution in [3.05, 3.63) is 28.8 Å². The lowest BCUT2D eigenvalue weighted by atomic mass is 10.00. The zero-order chi connectivity index (χ0) is 13.4. The SMILES string of the molecule is O=Cc1c(C(F)(F)F)ccc(O)c1C(F)(F)F. The van der Waals surface area contributed by atoms with Gasteiger partial charge in [0, 0.05) is 5.56 Å². The Morgan fingerprint density at radius 3 is 1.88 bits per heavy atom. The summed E-state index contributed by atoms with van der Waals surface area (Å²) in [6.07, 6.45) is -10.9. The molecule has 0 unspecified atom stereocenters. The van der Waals surface area contributed by atoms with Gasteiger partial charge >= 0.3 is 12.4 Å². The maximum atomic E-state index is 12.4. The van der Waals surface area contributed by atoms with E-state index in [2.05, 4.69) is 0 Å². The van der Waals surface area contributed by atoms with Crippen molar-refractivity contribution in [2.75, 3.05) is 0 Å². The molecule has 1 rings (SSSR count). The number of hydrogen-bond donors (Lipinski definition) is 1. The van der Waals surface area contributed by atoms with Crippen molar-refractivity contribution in [3.8, 4) is 5.75 Å². The smallest absolute Gasteiger partial charge is 0.420 e. The molecule has 0 amide bonds. The number of aldehydes is 1. The molecular weight excluding hydrogens is 254 g/mol. The van der Waals surface area contributed by atoms with Gasteiger partial charge in [0.05, 0.1) is 5.56 Å². The molecule has 0 aromatic heterocycles. The number of alkyl halides is 6. The highest BCUT2D eigenvalue weighted by Crippen LogP contribution is 2.42. The minimum atomic E-state index is -5.25. The van der Waals surface area contributed by atoms with E-state index in [0.717, 1.165) is 0 Å². The fourth-order valence-electron chi connectivity index (χ4n) is 1.28. The first-order valence-electron chi connectivity index (χ1n) is 4.04. The van der Waals surface area contributed by atoms with Crippen molar-refractivity contribution >= 4 is 6.29 Å². The Hall–Kier alpha value is -1.73. The number of halogens is 6. The van der Waals surface area contributed by atoms with Crippen LogP contribution >= 0.6 is 0 Å². The lowest BCUT2D eigenvalue weighted by Crippen LogP contribution is -2.16. The molecule has 0 aliphatic heterocycles. The van der Waals surface area contributed by atoms with Crippen LogP contribution in [-0.2, 0) is 12.4 Å². The first-order chi connectivity index (χ1) is 7.59. The number of phenols is 1. The average Bonchev–Trinajstić information content (AvgIpc) is 2.12. The van der Waals surface area contributed by atoms with Crippen LogP contribution in [0.5, 0.6) is 5.75 Å². The van der Waals surface area contributed by atoms with Gasteiger partial charge in [-0.1, -0.05) is 0 Å². The number of phenolic OH excluding ortho intramolecular Hbond substituents is 1. The van der Waals surface area contributed by atoms with Crippen molar-refractivity contribution in [2.45, 2.75) is 12.4 Å². The van der Waals surface area contributed by atoms with E-state index in [1.807, 2.05) is 0 Å². The molecule has 0 aliphatic rings. The molecule has 94 valence electrons. The van der Waals surface area contributed by atoms with Crippen LogP contribution in [0.2, 0.25) is 0 Å². The van der Waals surface area contributed by atoms with E-state index < -0.39 is 41.1 Å². The molecule has 0 saturated heterocycles. The third-order valence-corrected chi connectivity index (χ3v) is 1.93. The largest absolute Gasteiger partial charge is 0.507 e. The number of benzene rings is 1. The third kappa shape index (κ3) is 2.51. The van der Waals surface area contributed by atoms with E-state index in [0.29, 0.717) is 0 Å². The van der Waals surface area contributed by atoms with Gasteiger partial charge in [0.25, 0.3) is 0 Å². The highest BCUT2D eigenvalue weighted by molar-refractivity contribution is 5.82. The summed E-state index contributed by atoms with van der Waals surface area (Å²) in [4.78, 5) is 10.4. The fourth-order valence-corrected chi connectivity index (χ4v) is 1.28. The number of aromatic hydroxyl groups is 1. The van der Waals surface area contributed by atoms with Gasteiger partial charge in [0.2, 0.25) is 0 Å². The van der Waals surface area contributed by atoms with E-state index >= 15 is 0 Å². The monoisotopic (exact) mass is 258 g/mol. The topological polar surface area (TPSA) is 37.3 Å². The minimum Gasteiger partial charge on any atom is -0.507 e. The Morgan fingerprint density at radius 1 is 1.00 bits per heavy atom. The van der Waals surface area contributed by atoms with Gasteiger partial charge in [-0.05, 0) is 12.1 Å². The normalized spacial score (nSPS) is 12.6. The lowest BCUT2D eigenvalue weighted by Gasteiger charge is -2.16. The Balaban J connectivity index is 3.66. The molecule has 8 heteroatoms. The predicted molar refractivity (Wildman–Crippen MR) is 43.5 cm³/mol. The molecular formula is C9H4F6O2. The van der Waals surface area contributed by atoms with E-state index in [9.17, 15) is 31.1 Å². The molecule has 0 atom stereocenters. The van der Waals surface area contributed by atoms with Crippen LogP contribution in [0.4, 0.5) is 26.3 Å². The highest BCUT2D eigenvalue weighted by atomic mass is 19.4. The number of rotatable bonds is 1. The van der Waals surface area contributed by atoms with Crippen LogP contribution in [0.1, 0.15) is 21.5 Å². The summed E-state index contributed by atoms with van der Waals surface area (Å²) in [5.41, 5.74) is -5.34. The summed E-state index contributed by atoms with van der Waals surface area (Å²) in [5.74, 6) is -1.42. The van der Waals surface area contributed by atoms with Gasteiger partial charge in [-0.25, -0.2) is 0 Å². The number of hydrogen-bond acceptors (Lipinski definition) is 2. The van der Waals surface area contributed by atoms with Crippen LogP contribution in [-0.4, -0.2) is 11.4 Å². The molecule has 17 heavy (non-hydrogen) atoms. The van der Waals surface area contributed by atoms with Crippen molar-refractivity contribution in [1.82, 2.24) is 0 Å². The quantitative estimate of drug-likeness (QED) is 0.620. The van der Waals surface area contributed by atoms with Gasteiger partial charge in [-0.3, -0.25) is 4.79 Å². The second kappa shape index (κ2) is 3.94. The maximum absolute atomic E-state index is 12.4. The van der Waals surface area contributed by atoms with E-state index in [1.54, 1.807) is 0 Å². The van der Waals surface area contributed by atoms with E-state index in [4.69, 9.17) is 5.11 Å². The van der Waals surface area contributed by atoms with E-state index in [1.165, 1.54) is 0 Å². The van der Waals surface area contributed by atoms with Crippen LogP contribution in [0.3, 0.4) is 0 Å². The molecule has 0 spiro atoms. The molecule has 0 aliphatic carbocycles. The number of carbonyl (C=O) groups is 1. The molecule has 2 nitrogen and oxygen atoms in total. The van der Waals surface area contributed by atoms with E-state index in [-0.39, 0.29) is 12.1 Å². The van der Waals surface area contributed by atoms with Crippen molar-refractivity contribution in [2.24, 2.45) is 0 Å². The third-order valence-electron chi connectivity index (χ3n) is 1.93. The highest BCUT2D eigenvalue weighted by Gasteiger charge is 2.42. The average molecular weight is 258 g/mol. The summed E-state index contributed by atoms with van der Waals surface area (Å²) in [6, 6.07) is 0.465. The predicted octanol–water partition coefficient (Wildman–Crippen LogP) is 3.24. The second-order valence-electron chi connectivity index (χ2n) is 3.03. The van der Waals surface area contributed by atoms with Crippen LogP contribution in [0.15, 0.2) is 12.1 Å². The Labute approximate surface area is 90.5 Å². The fraction of sp³-hybridized carbons (Fsp3) is 0.222. The lowest BCUT2D eigenvalue weighted by molar-refractivity contribution is -0.144. The van der Waals surface area contributed by atoms with Crippen LogP contribution < -0.4 is 0 Å². The number of carbonyl (C=O) groups excluding carboxylic acids is 1.